The van der Waals surface area contributed by atoms with Crippen LogP contribution in [0.15, 0.2) is 54.7 Å². The number of nitriles is 1. The van der Waals surface area contributed by atoms with Gasteiger partial charge in [-0.1, -0.05) is 49.4 Å². The van der Waals surface area contributed by atoms with Crippen molar-refractivity contribution in [1.29, 1.82) is 5.26 Å². The van der Waals surface area contributed by atoms with Crippen molar-refractivity contribution in [2.75, 3.05) is 4.90 Å². The molecule has 7 nitrogen and oxygen atoms in total. The van der Waals surface area contributed by atoms with Crippen molar-refractivity contribution in [2.45, 2.75) is 37.6 Å². The van der Waals surface area contributed by atoms with Crippen LogP contribution in [0.3, 0.4) is 0 Å². The van der Waals surface area contributed by atoms with E-state index in [-0.39, 0.29) is 12.5 Å². The number of rotatable bonds is 5. The Kier molecular flexibility index (Phi) is 6.81. The first-order valence-corrected chi connectivity index (χ1v) is 11.3. The minimum atomic E-state index is -2.10. The van der Waals surface area contributed by atoms with Crippen LogP contribution in [0.2, 0.25) is 0 Å². The number of benzene rings is 2. The summed E-state index contributed by atoms with van der Waals surface area (Å²) in [6, 6.07) is 14.9. The summed E-state index contributed by atoms with van der Waals surface area (Å²) in [5.74, 6) is -3.17. The van der Waals surface area contributed by atoms with Crippen molar-refractivity contribution in [1.82, 2.24) is 15.1 Å². The molecule has 0 fully saturated rings. The monoisotopic (exact) mass is 475 g/mol. The van der Waals surface area contributed by atoms with Crippen molar-refractivity contribution in [2.24, 2.45) is 5.92 Å². The molecule has 0 bridgehead atoms. The van der Waals surface area contributed by atoms with E-state index < -0.39 is 40.5 Å². The molecule has 1 aromatic heterocycles. The quantitative estimate of drug-likeness (QED) is 0.572. The summed E-state index contributed by atoms with van der Waals surface area (Å²) in [6.45, 7) is 3.87. The highest BCUT2D eigenvalue weighted by Gasteiger charge is 2.43. The Hall–Kier alpha value is -3.80. The fourth-order valence-corrected chi connectivity index (χ4v) is 4.45. The van der Waals surface area contributed by atoms with Crippen molar-refractivity contribution >= 4 is 41.0 Å². The molecule has 0 unspecified atom stereocenters. The molecule has 0 saturated heterocycles. The minimum absolute atomic E-state index is 0.265. The number of hydrogen-bond acceptors (Lipinski definition) is 4. The number of anilines is 1. The predicted molar refractivity (Wildman–Crippen MR) is 135 cm³/mol. The van der Waals surface area contributed by atoms with E-state index in [9.17, 15) is 19.2 Å². The largest absolute Gasteiger partial charge is 0.338 e. The Morgan fingerprint density at radius 3 is 2.53 bits per heavy atom. The van der Waals surface area contributed by atoms with Gasteiger partial charge in [-0.2, -0.15) is 10.4 Å². The Morgan fingerprint density at radius 2 is 1.89 bits per heavy atom. The first-order chi connectivity index (χ1) is 17.0. The summed E-state index contributed by atoms with van der Waals surface area (Å²) in [7, 11) is 17.9. The van der Waals surface area contributed by atoms with Gasteiger partial charge in [-0.3, -0.25) is 14.3 Å². The molecular formula is C25H21B3FN5O2. The van der Waals surface area contributed by atoms with E-state index in [1.165, 1.54) is 10.7 Å². The first kappa shape index (κ1) is 25.3. The number of carbonyl (C=O) groups excluding carboxylic acids is 2. The van der Waals surface area contributed by atoms with Crippen LogP contribution in [0.25, 0.3) is 0 Å². The van der Waals surface area contributed by atoms with Gasteiger partial charge in [0.1, 0.15) is 6.04 Å². The normalized spacial score (nSPS) is 19.8. The number of amides is 2. The van der Waals surface area contributed by atoms with E-state index >= 15 is 0 Å². The molecule has 11 heteroatoms. The lowest BCUT2D eigenvalue weighted by Gasteiger charge is -2.39. The van der Waals surface area contributed by atoms with Gasteiger partial charge in [0.2, 0.25) is 5.91 Å². The Bertz CT molecular complexity index is 1350. The minimum Gasteiger partial charge on any atom is -0.338 e. The number of nitrogens with one attached hydrogen (secondary N) is 1. The molecule has 36 heavy (non-hydrogen) atoms. The third-order valence-corrected chi connectivity index (χ3v) is 6.48. The molecule has 6 radical (unpaired) electrons. The average molecular weight is 475 g/mol. The third kappa shape index (κ3) is 4.81. The second-order valence-corrected chi connectivity index (χ2v) is 9.05. The number of hydrogen-bond donors (Lipinski definition) is 1. The molecule has 1 aliphatic heterocycles. The molecule has 1 N–H and O–H groups in total. The summed E-state index contributed by atoms with van der Waals surface area (Å²) < 4.78 is 16.0. The lowest BCUT2D eigenvalue weighted by molar-refractivity contribution is -0.121. The van der Waals surface area contributed by atoms with Crippen LogP contribution in [0.1, 0.15) is 46.9 Å². The summed E-state index contributed by atoms with van der Waals surface area (Å²) in [4.78, 5) is 27.8. The molecule has 0 saturated carbocycles. The molecular weight excluding hydrogens is 454 g/mol. The summed E-state index contributed by atoms with van der Waals surface area (Å²) in [6.07, 6.45) is 1.12. The first-order valence-electron chi connectivity index (χ1n) is 11.3. The number of nitrogens with zero attached hydrogens (tertiary/aromatic N) is 4. The molecule has 174 valence electrons. The fraction of sp³-hybridized carbons (Fsp3) is 0.280. The van der Waals surface area contributed by atoms with Crippen LogP contribution in [0.5, 0.6) is 0 Å². The van der Waals surface area contributed by atoms with Crippen molar-refractivity contribution in [3.05, 3.63) is 82.9 Å². The highest BCUT2D eigenvalue weighted by Crippen LogP contribution is 2.40. The highest BCUT2D eigenvalue weighted by molar-refractivity contribution is 6.62. The van der Waals surface area contributed by atoms with E-state index in [0.717, 1.165) is 16.7 Å². The molecule has 0 spiro atoms. The number of aromatic nitrogens is 2. The van der Waals surface area contributed by atoms with Gasteiger partial charge < -0.3 is 10.2 Å². The van der Waals surface area contributed by atoms with E-state index in [0.29, 0.717) is 16.8 Å². The fourth-order valence-electron chi connectivity index (χ4n) is 4.45. The van der Waals surface area contributed by atoms with Crippen LogP contribution >= 0.6 is 0 Å². The van der Waals surface area contributed by atoms with Crippen LogP contribution in [0, 0.1) is 23.1 Å². The van der Waals surface area contributed by atoms with Gasteiger partial charge in [0, 0.05) is 5.69 Å². The Balaban J connectivity index is 1.66. The second kappa shape index (κ2) is 9.69. The number of fused-ring (bicyclic) bond motifs is 1. The van der Waals surface area contributed by atoms with Crippen LogP contribution < -0.4 is 10.2 Å². The van der Waals surface area contributed by atoms with Gasteiger partial charge in [0.25, 0.3) is 5.91 Å². The van der Waals surface area contributed by atoms with E-state index in [1.807, 2.05) is 37.3 Å². The van der Waals surface area contributed by atoms with Crippen LogP contribution in [0.4, 0.5) is 10.1 Å². The van der Waals surface area contributed by atoms with Gasteiger partial charge in [-0.15, -0.1) is 0 Å². The topological polar surface area (TPSA) is 91.0 Å². The smallest absolute Gasteiger partial charge is 0.275 e. The molecule has 1 aliphatic rings. The van der Waals surface area contributed by atoms with Crippen molar-refractivity contribution in [3.8, 4) is 6.07 Å². The van der Waals surface area contributed by atoms with Gasteiger partial charge in [0.05, 0.1) is 47.9 Å². The molecule has 2 heterocycles. The van der Waals surface area contributed by atoms with Crippen LogP contribution in [-0.2, 0) is 11.3 Å². The second-order valence-electron chi connectivity index (χ2n) is 9.05. The number of halogens is 1. The molecule has 3 aromatic rings. The zero-order valence-electron chi connectivity index (χ0n) is 19.9. The Labute approximate surface area is 212 Å². The predicted octanol–water partition coefficient (Wildman–Crippen LogP) is 1.94. The summed E-state index contributed by atoms with van der Waals surface area (Å²) in [5, 5.41) is 13.9. The maximum Gasteiger partial charge on any atom is 0.275 e. The molecule has 0 aliphatic carbocycles. The number of carbonyl (C=O) groups is 2. The summed E-state index contributed by atoms with van der Waals surface area (Å²) in [5.41, 5.74) is 1.77. The molecule has 2 amide bonds. The van der Waals surface area contributed by atoms with Crippen molar-refractivity contribution in [3.63, 3.8) is 0 Å². The molecule has 2 aromatic carbocycles. The lowest BCUT2D eigenvalue weighted by Crippen LogP contribution is -2.60. The summed E-state index contributed by atoms with van der Waals surface area (Å²) >= 11 is 0. The highest BCUT2D eigenvalue weighted by atomic mass is 19.1. The van der Waals surface area contributed by atoms with E-state index in [1.54, 1.807) is 19.1 Å². The molecule has 4 rings (SSSR count). The molecule has 3 atom stereocenters. The van der Waals surface area contributed by atoms with Gasteiger partial charge in [0.15, 0.2) is 11.5 Å². The standard InChI is InChI=1S/C25H21B3FN5O2/c1-14-15(2)21(24(36)34(25(26,27)28)20-9-8-17(11-30)10-18(14)20)31-23(35)22-19(29)13-33(32-22)12-16-6-4-3-5-7-16/h3-10,13-15,21H,12H2,1-2H3,(H,31,35)/t14-,15+,21+/m1/s1. The zero-order chi connectivity index (χ0) is 26.2. The van der Waals surface area contributed by atoms with Crippen molar-refractivity contribution < 1.29 is 14.0 Å². The maximum atomic E-state index is 14.7. The third-order valence-electron chi connectivity index (χ3n) is 6.48. The SMILES string of the molecule is [B]C([B])([B])N1C(=O)[C@@H](NC(=O)c2nn(Cc3ccccc3)cc2F)[C@@H](C)[C@@H](C)c2cc(C#N)ccc21. The lowest BCUT2D eigenvalue weighted by atomic mass is 9.48. The van der Waals surface area contributed by atoms with Gasteiger partial charge in [-0.25, -0.2) is 4.39 Å². The van der Waals surface area contributed by atoms with Gasteiger partial charge >= 0.3 is 0 Å². The van der Waals surface area contributed by atoms with Crippen LogP contribution in [-0.4, -0.2) is 56.4 Å². The maximum absolute atomic E-state index is 14.7. The Morgan fingerprint density at radius 1 is 1.19 bits per heavy atom. The van der Waals surface area contributed by atoms with Gasteiger partial charge in [-0.05, 0) is 41.2 Å². The van der Waals surface area contributed by atoms with E-state index in [2.05, 4.69) is 16.5 Å². The average Bonchev–Trinajstić information content (AvgIpc) is 3.18. The van der Waals surface area contributed by atoms with E-state index in [4.69, 9.17) is 23.5 Å². The zero-order valence-corrected chi connectivity index (χ0v) is 19.9.